The van der Waals surface area contributed by atoms with Crippen LogP contribution >= 0.6 is 22.9 Å². The van der Waals surface area contributed by atoms with Crippen LogP contribution < -0.4 is 10.6 Å². The van der Waals surface area contributed by atoms with E-state index in [1.165, 1.54) is 11.3 Å². The molecule has 2 aromatic rings. The zero-order valence-electron chi connectivity index (χ0n) is 14.2. The van der Waals surface area contributed by atoms with Gasteiger partial charge in [-0.15, -0.1) is 11.3 Å². The van der Waals surface area contributed by atoms with Crippen molar-refractivity contribution in [2.45, 2.75) is 25.8 Å². The third-order valence-electron chi connectivity index (χ3n) is 4.15. The minimum atomic E-state index is -0.374. The predicted molar refractivity (Wildman–Crippen MR) is 98.8 cm³/mol. The van der Waals surface area contributed by atoms with Gasteiger partial charge in [-0.25, -0.2) is 14.8 Å². The molecule has 3 rings (SSSR count). The summed E-state index contributed by atoms with van der Waals surface area (Å²) in [7, 11) is 1.56. The topological polar surface area (TPSA) is 85.4 Å². The lowest BCUT2D eigenvalue weighted by molar-refractivity contribution is 0.0393. The van der Waals surface area contributed by atoms with Crippen molar-refractivity contribution in [3.63, 3.8) is 0 Å². The molecule has 2 N–H and O–H groups in total. The molecule has 9 heteroatoms. The third-order valence-corrected chi connectivity index (χ3v) is 5.48. The lowest BCUT2D eigenvalue weighted by atomic mass is 10.1. The van der Waals surface area contributed by atoms with Crippen LogP contribution in [0.1, 0.15) is 28.1 Å². The standard InChI is InChI=1S/C16H21ClN4O3S/c1-9-11-13(19-10-3-5-18-6-4-10)20-16(17)21-14(11)25-12(9)15(22)24-8-7-23-2/h10,18H,3-8H2,1-2H3,(H,19,20,21). The SMILES string of the molecule is COCCOC(=O)c1sc2nc(Cl)nc(NC3CCNCC3)c2c1C. The monoisotopic (exact) mass is 384 g/mol. The molecule has 0 bridgehead atoms. The fourth-order valence-electron chi connectivity index (χ4n) is 2.85. The van der Waals surface area contributed by atoms with Crippen LogP contribution in [0.5, 0.6) is 0 Å². The van der Waals surface area contributed by atoms with Gasteiger partial charge in [-0.1, -0.05) is 0 Å². The number of rotatable bonds is 6. The first-order valence-corrected chi connectivity index (χ1v) is 9.39. The molecule has 1 fully saturated rings. The molecule has 0 atom stereocenters. The van der Waals surface area contributed by atoms with Gasteiger partial charge < -0.3 is 20.1 Å². The second kappa shape index (κ2) is 8.27. The van der Waals surface area contributed by atoms with Crippen LogP contribution in [0.3, 0.4) is 0 Å². The van der Waals surface area contributed by atoms with E-state index in [0.29, 0.717) is 28.2 Å². The van der Waals surface area contributed by atoms with E-state index in [0.717, 1.165) is 36.9 Å². The van der Waals surface area contributed by atoms with Gasteiger partial charge >= 0.3 is 5.97 Å². The van der Waals surface area contributed by atoms with Crippen molar-refractivity contribution in [3.8, 4) is 0 Å². The minimum absolute atomic E-state index is 0.171. The molecule has 0 unspecified atom stereocenters. The van der Waals surface area contributed by atoms with E-state index in [2.05, 4.69) is 20.6 Å². The van der Waals surface area contributed by atoms with Crippen LogP contribution in [0.15, 0.2) is 0 Å². The zero-order valence-corrected chi connectivity index (χ0v) is 15.8. The van der Waals surface area contributed by atoms with Crippen LogP contribution in [-0.2, 0) is 9.47 Å². The lowest BCUT2D eigenvalue weighted by Gasteiger charge is -2.24. The summed E-state index contributed by atoms with van der Waals surface area (Å²) in [5.41, 5.74) is 0.815. The van der Waals surface area contributed by atoms with Gasteiger partial charge in [0, 0.05) is 13.2 Å². The number of nitrogens with zero attached hydrogens (tertiary/aromatic N) is 2. The second-order valence-electron chi connectivity index (χ2n) is 5.87. The van der Waals surface area contributed by atoms with Crippen molar-refractivity contribution in [3.05, 3.63) is 15.7 Å². The van der Waals surface area contributed by atoms with Crippen molar-refractivity contribution < 1.29 is 14.3 Å². The van der Waals surface area contributed by atoms with E-state index in [4.69, 9.17) is 21.1 Å². The molecule has 0 spiro atoms. The number of esters is 1. The van der Waals surface area contributed by atoms with Gasteiger partial charge in [-0.3, -0.25) is 0 Å². The Morgan fingerprint density at radius 2 is 2.12 bits per heavy atom. The zero-order chi connectivity index (χ0) is 17.8. The Bertz CT molecular complexity index is 761. The number of fused-ring (bicyclic) bond motifs is 1. The number of thiophene rings is 1. The summed E-state index contributed by atoms with van der Waals surface area (Å²) in [5, 5.41) is 7.81. The summed E-state index contributed by atoms with van der Waals surface area (Å²) in [6, 6.07) is 0.326. The maximum Gasteiger partial charge on any atom is 0.348 e. The molecule has 2 aromatic heterocycles. The quantitative estimate of drug-likeness (QED) is 0.449. The van der Waals surface area contributed by atoms with E-state index >= 15 is 0 Å². The number of halogens is 1. The van der Waals surface area contributed by atoms with Crippen molar-refractivity contribution in [2.75, 3.05) is 38.7 Å². The Morgan fingerprint density at radius 3 is 2.84 bits per heavy atom. The van der Waals surface area contributed by atoms with Gasteiger partial charge in [-0.2, -0.15) is 0 Å². The molecule has 0 saturated carbocycles. The number of hydrogen-bond acceptors (Lipinski definition) is 8. The number of carbonyl (C=O) groups excluding carboxylic acids is 1. The first kappa shape index (κ1) is 18.3. The van der Waals surface area contributed by atoms with Gasteiger partial charge in [-0.05, 0) is 50.0 Å². The van der Waals surface area contributed by atoms with Crippen molar-refractivity contribution in [1.29, 1.82) is 0 Å². The number of carbonyl (C=O) groups is 1. The van der Waals surface area contributed by atoms with Gasteiger partial charge in [0.05, 0.1) is 12.0 Å². The molecule has 0 aliphatic carbocycles. The fraction of sp³-hybridized carbons (Fsp3) is 0.562. The Kier molecular flexibility index (Phi) is 6.06. The number of aryl methyl sites for hydroxylation is 1. The Hall–Kier alpha value is -1.48. The second-order valence-corrected chi connectivity index (χ2v) is 7.21. The molecule has 1 saturated heterocycles. The average molecular weight is 385 g/mol. The molecule has 7 nitrogen and oxygen atoms in total. The summed E-state index contributed by atoms with van der Waals surface area (Å²) >= 11 is 7.36. The summed E-state index contributed by atoms with van der Waals surface area (Å²) in [4.78, 5) is 22.2. The Labute approximate surface area is 155 Å². The van der Waals surface area contributed by atoms with Gasteiger partial charge in [0.25, 0.3) is 0 Å². The number of anilines is 1. The van der Waals surface area contributed by atoms with Crippen molar-refractivity contribution >= 4 is 44.9 Å². The maximum absolute atomic E-state index is 12.3. The molecule has 0 amide bonds. The Balaban J connectivity index is 1.90. The molecule has 1 aliphatic rings. The molecule has 136 valence electrons. The number of methoxy groups -OCH3 is 1. The minimum Gasteiger partial charge on any atom is -0.459 e. The maximum atomic E-state index is 12.3. The van der Waals surface area contributed by atoms with Crippen LogP contribution in [0, 0.1) is 6.92 Å². The molecular formula is C16H21ClN4O3S. The van der Waals surface area contributed by atoms with Crippen LogP contribution in [-0.4, -0.2) is 55.4 Å². The Morgan fingerprint density at radius 1 is 1.36 bits per heavy atom. The van der Waals surface area contributed by atoms with E-state index in [-0.39, 0.29) is 17.9 Å². The molecule has 25 heavy (non-hydrogen) atoms. The first-order chi connectivity index (χ1) is 12.1. The highest BCUT2D eigenvalue weighted by atomic mass is 35.5. The van der Waals surface area contributed by atoms with Crippen LogP contribution in [0.4, 0.5) is 5.82 Å². The van der Waals surface area contributed by atoms with E-state index in [9.17, 15) is 4.79 Å². The number of hydrogen-bond donors (Lipinski definition) is 2. The van der Waals surface area contributed by atoms with Gasteiger partial charge in [0.15, 0.2) is 0 Å². The van der Waals surface area contributed by atoms with Crippen molar-refractivity contribution in [1.82, 2.24) is 15.3 Å². The fourth-order valence-corrected chi connectivity index (χ4v) is 4.15. The van der Waals surface area contributed by atoms with E-state index in [1.807, 2.05) is 6.92 Å². The smallest absolute Gasteiger partial charge is 0.348 e. The molecule has 3 heterocycles. The van der Waals surface area contributed by atoms with Gasteiger partial charge in [0.2, 0.25) is 5.28 Å². The lowest BCUT2D eigenvalue weighted by Crippen LogP contribution is -2.35. The van der Waals surface area contributed by atoms with Gasteiger partial charge in [0.1, 0.15) is 22.1 Å². The highest BCUT2D eigenvalue weighted by Gasteiger charge is 2.23. The van der Waals surface area contributed by atoms with Crippen molar-refractivity contribution in [2.24, 2.45) is 0 Å². The molecule has 1 aliphatic heterocycles. The number of piperidine rings is 1. The normalized spacial score (nSPS) is 15.5. The molecular weight excluding hydrogens is 364 g/mol. The molecule has 0 aromatic carbocycles. The summed E-state index contributed by atoms with van der Waals surface area (Å²) in [6.45, 7) is 4.41. The summed E-state index contributed by atoms with van der Waals surface area (Å²) < 4.78 is 10.1. The predicted octanol–water partition coefficient (Wildman–Crippen LogP) is 2.62. The largest absolute Gasteiger partial charge is 0.459 e. The number of nitrogens with one attached hydrogen (secondary N) is 2. The highest BCUT2D eigenvalue weighted by Crippen LogP contribution is 2.35. The molecule has 0 radical (unpaired) electrons. The first-order valence-electron chi connectivity index (χ1n) is 8.20. The average Bonchev–Trinajstić information content (AvgIpc) is 2.92. The highest BCUT2D eigenvalue weighted by molar-refractivity contribution is 7.20. The number of aromatic nitrogens is 2. The third kappa shape index (κ3) is 4.20. The summed E-state index contributed by atoms with van der Waals surface area (Å²) in [5.74, 6) is 0.313. The van der Waals surface area contributed by atoms with Crippen LogP contribution in [0.2, 0.25) is 5.28 Å². The number of ether oxygens (including phenoxy) is 2. The summed E-state index contributed by atoms with van der Waals surface area (Å²) in [6.07, 6.45) is 2.02. The van der Waals surface area contributed by atoms with Crippen LogP contribution in [0.25, 0.3) is 10.2 Å². The van der Waals surface area contributed by atoms with E-state index < -0.39 is 0 Å². The van der Waals surface area contributed by atoms with E-state index in [1.54, 1.807) is 7.11 Å².